The number of ether oxygens (including phenoxy) is 2. The molecule has 1 aliphatic rings. The molecule has 0 N–H and O–H groups in total. The predicted octanol–water partition coefficient (Wildman–Crippen LogP) is 4.19. The van der Waals surface area contributed by atoms with Crippen LogP contribution in [0.1, 0.15) is 30.7 Å². The maximum Gasteiger partial charge on any atom is 0.161 e. The fraction of sp³-hybridized carbons (Fsp3) is 0.571. The fourth-order valence-electron chi connectivity index (χ4n) is 2.26. The van der Waals surface area contributed by atoms with Crippen molar-refractivity contribution in [1.29, 1.82) is 0 Å². The van der Waals surface area contributed by atoms with Crippen LogP contribution in [0.25, 0.3) is 0 Å². The Hall–Kier alpha value is -0.700. The van der Waals surface area contributed by atoms with Gasteiger partial charge in [-0.1, -0.05) is 35.8 Å². The Balaban J connectivity index is 2.22. The first-order valence-electron chi connectivity index (χ1n) is 5.85. The van der Waals surface area contributed by atoms with Gasteiger partial charge in [0.15, 0.2) is 11.5 Å². The van der Waals surface area contributed by atoms with E-state index in [4.69, 9.17) is 9.47 Å². The van der Waals surface area contributed by atoms with E-state index in [2.05, 4.69) is 41.9 Å². The molecular formula is C14H19BrO2. The summed E-state index contributed by atoms with van der Waals surface area (Å²) < 4.78 is 10.6. The second-order valence-electron chi connectivity index (χ2n) is 5.32. The fourth-order valence-corrected chi connectivity index (χ4v) is 3.45. The number of rotatable bonds is 4. The zero-order chi connectivity index (χ0) is 12.6. The maximum absolute atomic E-state index is 5.33. The van der Waals surface area contributed by atoms with E-state index in [0.717, 1.165) is 11.5 Å². The van der Waals surface area contributed by atoms with Crippen LogP contribution in [-0.4, -0.2) is 14.2 Å². The molecule has 0 aliphatic heterocycles. The summed E-state index contributed by atoms with van der Waals surface area (Å²) in [6, 6.07) is 6.14. The molecule has 1 saturated carbocycles. The van der Waals surface area contributed by atoms with E-state index in [1.54, 1.807) is 14.2 Å². The average Bonchev–Trinajstić information content (AvgIpc) is 2.96. The van der Waals surface area contributed by atoms with Gasteiger partial charge in [0.2, 0.25) is 0 Å². The lowest BCUT2D eigenvalue weighted by molar-refractivity contribution is 0.354. The first-order chi connectivity index (χ1) is 7.99. The van der Waals surface area contributed by atoms with E-state index in [0.29, 0.717) is 16.2 Å². The number of methoxy groups -OCH3 is 2. The van der Waals surface area contributed by atoms with E-state index >= 15 is 0 Å². The van der Waals surface area contributed by atoms with Gasteiger partial charge in [-0.3, -0.25) is 0 Å². The summed E-state index contributed by atoms with van der Waals surface area (Å²) in [4.78, 5) is 0.400. The number of halogens is 1. The molecule has 1 aromatic carbocycles. The van der Waals surface area contributed by atoms with Gasteiger partial charge >= 0.3 is 0 Å². The monoisotopic (exact) mass is 298 g/mol. The summed E-state index contributed by atoms with van der Waals surface area (Å²) in [7, 11) is 3.33. The maximum atomic E-state index is 5.33. The Morgan fingerprint density at radius 1 is 1.24 bits per heavy atom. The highest BCUT2D eigenvalue weighted by molar-refractivity contribution is 9.09. The highest BCUT2D eigenvalue weighted by atomic mass is 79.9. The smallest absolute Gasteiger partial charge is 0.161 e. The van der Waals surface area contributed by atoms with Crippen molar-refractivity contribution in [3.05, 3.63) is 23.8 Å². The molecule has 0 heterocycles. The summed E-state index contributed by atoms with van der Waals surface area (Å²) in [6.07, 6.45) is 1.28. The molecule has 0 aromatic heterocycles. The third-order valence-electron chi connectivity index (χ3n) is 3.67. The molecule has 1 aromatic rings. The zero-order valence-corrected chi connectivity index (χ0v) is 12.4. The Morgan fingerprint density at radius 2 is 1.82 bits per heavy atom. The van der Waals surface area contributed by atoms with Crippen molar-refractivity contribution in [3.63, 3.8) is 0 Å². The topological polar surface area (TPSA) is 18.5 Å². The standard InChI is InChI=1S/C14H19BrO2/c1-14(2)8-10(14)13(15)9-5-6-11(16-3)12(7-9)17-4/h5-7,10,13H,8H2,1-4H3. The highest BCUT2D eigenvalue weighted by Gasteiger charge is 2.49. The lowest BCUT2D eigenvalue weighted by Gasteiger charge is -2.15. The number of hydrogen-bond acceptors (Lipinski definition) is 2. The third kappa shape index (κ3) is 2.44. The highest BCUT2D eigenvalue weighted by Crippen LogP contribution is 2.60. The number of hydrogen-bond donors (Lipinski definition) is 0. The predicted molar refractivity (Wildman–Crippen MR) is 73.1 cm³/mol. The van der Waals surface area contributed by atoms with Crippen LogP contribution in [0.2, 0.25) is 0 Å². The summed E-state index contributed by atoms with van der Waals surface area (Å²) in [5, 5.41) is 0. The van der Waals surface area contributed by atoms with Crippen LogP contribution in [0.4, 0.5) is 0 Å². The van der Waals surface area contributed by atoms with Crippen molar-refractivity contribution in [2.24, 2.45) is 11.3 Å². The van der Waals surface area contributed by atoms with Gasteiger partial charge in [0, 0.05) is 4.83 Å². The Bertz CT molecular complexity index is 415. The molecule has 0 radical (unpaired) electrons. The second-order valence-corrected chi connectivity index (χ2v) is 6.30. The molecule has 94 valence electrons. The van der Waals surface area contributed by atoms with Gasteiger partial charge in [0.25, 0.3) is 0 Å². The minimum Gasteiger partial charge on any atom is -0.493 e. The molecule has 1 aliphatic carbocycles. The van der Waals surface area contributed by atoms with E-state index in [9.17, 15) is 0 Å². The molecule has 2 atom stereocenters. The van der Waals surface area contributed by atoms with Crippen molar-refractivity contribution in [3.8, 4) is 11.5 Å². The van der Waals surface area contributed by atoms with E-state index in [1.807, 2.05) is 6.07 Å². The van der Waals surface area contributed by atoms with Crippen molar-refractivity contribution >= 4 is 15.9 Å². The molecule has 17 heavy (non-hydrogen) atoms. The van der Waals surface area contributed by atoms with Crippen molar-refractivity contribution in [2.45, 2.75) is 25.1 Å². The average molecular weight is 299 g/mol. The number of benzene rings is 1. The lowest BCUT2D eigenvalue weighted by atomic mass is 10.0. The number of alkyl halides is 1. The largest absolute Gasteiger partial charge is 0.493 e. The van der Waals surface area contributed by atoms with E-state index < -0.39 is 0 Å². The van der Waals surface area contributed by atoms with E-state index in [-0.39, 0.29) is 0 Å². The van der Waals surface area contributed by atoms with Crippen LogP contribution in [-0.2, 0) is 0 Å². The van der Waals surface area contributed by atoms with Gasteiger partial charge in [-0.15, -0.1) is 0 Å². The van der Waals surface area contributed by atoms with Crippen LogP contribution in [0.5, 0.6) is 11.5 Å². The normalized spacial score (nSPS) is 23.0. The molecule has 2 rings (SSSR count). The van der Waals surface area contributed by atoms with Crippen molar-refractivity contribution in [1.82, 2.24) is 0 Å². The molecule has 3 heteroatoms. The molecule has 0 spiro atoms. The molecule has 0 saturated heterocycles. The Morgan fingerprint density at radius 3 is 2.29 bits per heavy atom. The van der Waals surface area contributed by atoms with Crippen LogP contribution < -0.4 is 9.47 Å². The van der Waals surface area contributed by atoms with Crippen LogP contribution in [0.15, 0.2) is 18.2 Å². The first kappa shape index (κ1) is 12.7. The van der Waals surface area contributed by atoms with Gasteiger partial charge in [-0.2, -0.15) is 0 Å². The molecular weight excluding hydrogens is 280 g/mol. The summed E-state index contributed by atoms with van der Waals surface area (Å²) >= 11 is 3.80. The van der Waals surface area contributed by atoms with Gasteiger partial charge < -0.3 is 9.47 Å². The molecule has 2 unspecified atom stereocenters. The molecule has 1 fully saturated rings. The molecule has 2 nitrogen and oxygen atoms in total. The lowest BCUT2D eigenvalue weighted by Crippen LogP contribution is -2.00. The summed E-state index contributed by atoms with van der Waals surface area (Å²) in [5.41, 5.74) is 1.72. The first-order valence-corrected chi connectivity index (χ1v) is 6.77. The van der Waals surface area contributed by atoms with Gasteiger partial charge in [0.05, 0.1) is 14.2 Å². The van der Waals surface area contributed by atoms with Crippen LogP contribution in [0.3, 0.4) is 0 Å². The van der Waals surface area contributed by atoms with Crippen molar-refractivity contribution in [2.75, 3.05) is 14.2 Å². The molecule has 0 amide bonds. The minimum absolute atomic E-state index is 0.400. The minimum atomic E-state index is 0.400. The van der Waals surface area contributed by atoms with Gasteiger partial charge in [0.1, 0.15) is 0 Å². The zero-order valence-electron chi connectivity index (χ0n) is 10.8. The Labute approximate surface area is 111 Å². The SMILES string of the molecule is COc1ccc(C(Br)C2CC2(C)C)cc1OC. The van der Waals surface area contributed by atoms with Crippen LogP contribution in [0, 0.1) is 11.3 Å². The molecule has 0 bridgehead atoms. The van der Waals surface area contributed by atoms with Gasteiger partial charge in [-0.25, -0.2) is 0 Å². The summed E-state index contributed by atoms with van der Waals surface area (Å²) in [5.74, 6) is 2.29. The van der Waals surface area contributed by atoms with E-state index in [1.165, 1.54) is 12.0 Å². The summed E-state index contributed by atoms with van der Waals surface area (Å²) in [6.45, 7) is 4.62. The van der Waals surface area contributed by atoms with Gasteiger partial charge in [-0.05, 0) is 35.4 Å². The van der Waals surface area contributed by atoms with Crippen molar-refractivity contribution < 1.29 is 9.47 Å². The second kappa shape index (κ2) is 4.52. The third-order valence-corrected chi connectivity index (χ3v) is 4.84. The van der Waals surface area contributed by atoms with Crippen LogP contribution >= 0.6 is 15.9 Å². The quantitative estimate of drug-likeness (QED) is 0.776. The Kier molecular flexibility index (Phi) is 3.39.